The van der Waals surface area contributed by atoms with Gasteiger partial charge in [-0.2, -0.15) is 0 Å². The smallest absolute Gasteiger partial charge is 0.180 e. The first kappa shape index (κ1) is 13.9. The fourth-order valence-corrected chi connectivity index (χ4v) is 2.58. The van der Waals surface area contributed by atoms with Gasteiger partial charge in [0.05, 0.1) is 5.38 Å². The van der Waals surface area contributed by atoms with Gasteiger partial charge in [-0.1, -0.05) is 44.2 Å². The van der Waals surface area contributed by atoms with Crippen LogP contribution < -0.4 is 0 Å². The maximum absolute atomic E-state index is 12.3. The highest BCUT2D eigenvalue weighted by molar-refractivity contribution is 6.39. The molecular weight excluding hydrogens is 264 g/mol. The molecule has 1 fully saturated rings. The summed E-state index contributed by atoms with van der Waals surface area (Å²) in [7, 11) is 0. The van der Waals surface area contributed by atoms with E-state index in [9.17, 15) is 14.4 Å². The number of hydrogen-bond acceptors (Lipinski definition) is 3. The maximum Gasteiger partial charge on any atom is 0.180 e. The molecule has 0 unspecified atom stereocenters. The van der Waals surface area contributed by atoms with Gasteiger partial charge in [-0.3, -0.25) is 14.4 Å². The van der Waals surface area contributed by atoms with Crippen molar-refractivity contribution in [3.05, 3.63) is 35.9 Å². The summed E-state index contributed by atoms with van der Waals surface area (Å²) in [5.41, 5.74) is -0.221. The average molecular weight is 279 g/mol. The average Bonchev–Trinajstić information content (AvgIpc) is 2.36. The second-order valence-electron chi connectivity index (χ2n) is 5.56. The Morgan fingerprint density at radius 2 is 1.79 bits per heavy atom. The number of rotatable bonds is 2. The van der Waals surface area contributed by atoms with Crippen LogP contribution in [-0.2, 0) is 9.59 Å². The maximum atomic E-state index is 12.3. The Labute approximate surface area is 116 Å². The lowest BCUT2D eigenvalue weighted by atomic mass is 9.69. The molecule has 2 rings (SSSR count). The second kappa shape index (κ2) is 4.89. The SMILES string of the molecule is CC1(C)CC(=O)[C@H](C(=O)c2ccccc2)C(=O)[C@@H]1Cl. The number of halogens is 1. The van der Waals surface area contributed by atoms with Gasteiger partial charge in [0.1, 0.15) is 5.92 Å². The highest BCUT2D eigenvalue weighted by Gasteiger charge is 2.49. The van der Waals surface area contributed by atoms with Gasteiger partial charge in [-0.05, 0) is 5.41 Å². The largest absolute Gasteiger partial charge is 0.298 e. The standard InChI is InChI=1S/C15H15ClO3/c1-15(2)8-10(17)11(13(19)14(15)16)12(18)9-6-4-3-5-7-9/h3-7,11,14H,8H2,1-2H3/t11-,14+/m1/s1. The normalized spacial score (nSPS) is 26.3. The summed E-state index contributed by atoms with van der Waals surface area (Å²) >= 11 is 6.10. The molecule has 1 saturated carbocycles. The Morgan fingerprint density at radius 3 is 2.37 bits per heavy atom. The van der Waals surface area contributed by atoms with Crippen LogP contribution in [0.4, 0.5) is 0 Å². The Kier molecular flexibility index (Phi) is 3.59. The van der Waals surface area contributed by atoms with Crippen molar-refractivity contribution in [3.8, 4) is 0 Å². The van der Waals surface area contributed by atoms with Crippen LogP contribution in [0.5, 0.6) is 0 Å². The first-order chi connectivity index (χ1) is 8.84. The third-order valence-corrected chi connectivity index (χ3v) is 4.30. The predicted molar refractivity (Wildman–Crippen MR) is 72.3 cm³/mol. The van der Waals surface area contributed by atoms with Gasteiger partial charge < -0.3 is 0 Å². The van der Waals surface area contributed by atoms with Crippen LogP contribution in [-0.4, -0.2) is 22.7 Å². The van der Waals surface area contributed by atoms with Crippen LogP contribution in [0.1, 0.15) is 30.6 Å². The zero-order valence-corrected chi connectivity index (χ0v) is 11.6. The van der Waals surface area contributed by atoms with E-state index in [4.69, 9.17) is 11.6 Å². The third-order valence-electron chi connectivity index (χ3n) is 3.49. The summed E-state index contributed by atoms with van der Waals surface area (Å²) in [6.07, 6.45) is 0.149. The van der Waals surface area contributed by atoms with Gasteiger partial charge >= 0.3 is 0 Å². The fraction of sp³-hybridized carbons (Fsp3) is 0.400. The van der Waals surface area contributed by atoms with Gasteiger partial charge in [0, 0.05) is 12.0 Å². The number of Topliss-reactive ketones (excluding diaryl/α,β-unsaturated/α-hetero) is 3. The van der Waals surface area contributed by atoms with Crippen LogP contribution in [0, 0.1) is 11.3 Å². The molecule has 0 bridgehead atoms. The van der Waals surface area contributed by atoms with E-state index in [1.54, 1.807) is 44.2 Å². The molecule has 0 aromatic heterocycles. The zero-order chi connectivity index (χ0) is 14.2. The van der Waals surface area contributed by atoms with Crippen molar-refractivity contribution in [3.63, 3.8) is 0 Å². The number of ketones is 3. The topological polar surface area (TPSA) is 51.2 Å². The van der Waals surface area contributed by atoms with Gasteiger partial charge in [0.15, 0.2) is 17.3 Å². The fourth-order valence-electron chi connectivity index (χ4n) is 2.38. The second-order valence-corrected chi connectivity index (χ2v) is 6.00. The Balaban J connectivity index is 2.33. The quantitative estimate of drug-likeness (QED) is 0.475. The molecule has 0 spiro atoms. The van der Waals surface area contributed by atoms with Crippen molar-refractivity contribution in [2.24, 2.45) is 11.3 Å². The monoisotopic (exact) mass is 278 g/mol. The summed E-state index contributed by atoms with van der Waals surface area (Å²) in [4.78, 5) is 36.5. The van der Waals surface area contributed by atoms with Crippen molar-refractivity contribution < 1.29 is 14.4 Å². The summed E-state index contributed by atoms with van der Waals surface area (Å²) in [6.45, 7) is 3.54. The Morgan fingerprint density at radius 1 is 1.21 bits per heavy atom. The first-order valence-electron chi connectivity index (χ1n) is 6.14. The van der Waals surface area contributed by atoms with E-state index in [0.29, 0.717) is 5.56 Å². The molecule has 19 heavy (non-hydrogen) atoms. The van der Waals surface area contributed by atoms with E-state index in [0.717, 1.165) is 0 Å². The minimum atomic E-state index is -1.24. The van der Waals surface area contributed by atoms with Crippen LogP contribution in [0.25, 0.3) is 0 Å². The van der Waals surface area contributed by atoms with Crippen LogP contribution in [0.3, 0.4) is 0 Å². The summed E-state index contributed by atoms with van der Waals surface area (Å²) in [5, 5.41) is -0.803. The lowest BCUT2D eigenvalue weighted by molar-refractivity contribution is -0.136. The van der Waals surface area contributed by atoms with E-state index in [-0.39, 0.29) is 12.2 Å². The lowest BCUT2D eigenvalue weighted by Crippen LogP contribution is -2.49. The minimum absolute atomic E-state index is 0.149. The van der Waals surface area contributed by atoms with Crippen molar-refractivity contribution in [1.29, 1.82) is 0 Å². The molecule has 0 amide bonds. The Bertz CT molecular complexity index is 534. The number of carbonyl (C=O) groups is 3. The summed E-state index contributed by atoms with van der Waals surface area (Å²) in [5.74, 6) is -2.49. The zero-order valence-electron chi connectivity index (χ0n) is 10.9. The molecular formula is C15H15ClO3. The van der Waals surface area contributed by atoms with Crippen molar-refractivity contribution in [2.75, 3.05) is 0 Å². The van der Waals surface area contributed by atoms with Gasteiger partial charge in [0.2, 0.25) is 0 Å². The van der Waals surface area contributed by atoms with Crippen LogP contribution >= 0.6 is 11.6 Å². The van der Waals surface area contributed by atoms with E-state index < -0.39 is 28.3 Å². The van der Waals surface area contributed by atoms with Crippen LogP contribution in [0.15, 0.2) is 30.3 Å². The summed E-state index contributed by atoms with van der Waals surface area (Å²) in [6, 6.07) is 8.38. The van der Waals surface area contributed by atoms with Crippen molar-refractivity contribution in [1.82, 2.24) is 0 Å². The first-order valence-corrected chi connectivity index (χ1v) is 6.58. The van der Waals surface area contributed by atoms with Gasteiger partial charge in [0.25, 0.3) is 0 Å². The molecule has 0 radical (unpaired) electrons. The molecule has 4 heteroatoms. The lowest BCUT2D eigenvalue weighted by Gasteiger charge is -2.35. The van der Waals surface area contributed by atoms with E-state index in [1.165, 1.54) is 0 Å². The molecule has 1 aromatic rings. The molecule has 2 atom stereocenters. The molecule has 1 aliphatic carbocycles. The molecule has 0 aliphatic heterocycles. The predicted octanol–water partition coefficient (Wildman–Crippen LogP) is 2.66. The minimum Gasteiger partial charge on any atom is -0.298 e. The molecule has 1 aromatic carbocycles. The molecule has 0 N–H and O–H groups in total. The van der Waals surface area contributed by atoms with Crippen molar-refractivity contribution >= 4 is 29.0 Å². The van der Waals surface area contributed by atoms with Crippen LogP contribution in [0.2, 0.25) is 0 Å². The van der Waals surface area contributed by atoms with Gasteiger partial charge in [-0.25, -0.2) is 0 Å². The molecule has 0 saturated heterocycles. The molecule has 0 heterocycles. The number of carbonyl (C=O) groups excluding carboxylic acids is 3. The van der Waals surface area contributed by atoms with E-state index >= 15 is 0 Å². The third kappa shape index (κ3) is 2.47. The van der Waals surface area contributed by atoms with E-state index in [2.05, 4.69) is 0 Å². The van der Waals surface area contributed by atoms with Crippen molar-refractivity contribution in [2.45, 2.75) is 25.6 Å². The van der Waals surface area contributed by atoms with E-state index in [1.807, 2.05) is 0 Å². The molecule has 1 aliphatic rings. The number of benzene rings is 1. The molecule has 3 nitrogen and oxygen atoms in total. The number of alkyl halides is 1. The van der Waals surface area contributed by atoms with Gasteiger partial charge in [-0.15, -0.1) is 11.6 Å². The summed E-state index contributed by atoms with van der Waals surface area (Å²) < 4.78 is 0. The highest BCUT2D eigenvalue weighted by Crippen LogP contribution is 2.38. The Hall–Kier alpha value is -1.48. The number of hydrogen-bond donors (Lipinski definition) is 0. The highest BCUT2D eigenvalue weighted by atomic mass is 35.5. The molecule has 100 valence electrons.